The highest BCUT2D eigenvalue weighted by Gasteiger charge is 2.32. The molecule has 0 aromatic heterocycles. The molecule has 1 aromatic carbocycles. The van der Waals surface area contributed by atoms with Crippen LogP contribution < -0.4 is 9.47 Å². The summed E-state index contributed by atoms with van der Waals surface area (Å²) in [6, 6.07) is 1.88. The molecule has 0 fully saturated rings. The number of hydrogen-bond donors (Lipinski definition) is 0. The zero-order valence-electron chi connectivity index (χ0n) is 8.69. The number of benzene rings is 1. The van der Waals surface area contributed by atoms with Gasteiger partial charge in [-0.15, -0.1) is 0 Å². The van der Waals surface area contributed by atoms with E-state index in [0.717, 1.165) is 12.1 Å². The number of halogens is 4. The van der Waals surface area contributed by atoms with E-state index in [-0.39, 0.29) is 22.6 Å². The van der Waals surface area contributed by atoms with Crippen molar-refractivity contribution in [1.29, 1.82) is 0 Å². The van der Waals surface area contributed by atoms with E-state index >= 15 is 0 Å². The van der Waals surface area contributed by atoms with Crippen molar-refractivity contribution in [3.8, 4) is 11.5 Å². The smallest absolute Gasteiger partial charge is 0.416 e. The van der Waals surface area contributed by atoms with Crippen molar-refractivity contribution in [2.45, 2.75) is 13.1 Å². The molecule has 0 saturated heterocycles. The van der Waals surface area contributed by atoms with E-state index in [1.807, 2.05) is 0 Å². The molecule has 0 saturated carbocycles. The van der Waals surface area contributed by atoms with E-state index in [1.165, 1.54) is 7.11 Å². The highest BCUT2D eigenvalue weighted by molar-refractivity contribution is 9.10. The second kappa shape index (κ2) is 4.95. The minimum Gasteiger partial charge on any atom is -0.492 e. The van der Waals surface area contributed by atoms with Crippen molar-refractivity contribution in [2.24, 2.45) is 0 Å². The Morgan fingerprint density at radius 3 is 2.38 bits per heavy atom. The van der Waals surface area contributed by atoms with E-state index in [4.69, 9.17) is 9.47 Å². The molecule has 0 atom stereocenters. The van der Waals surface area contributed by atoms with E-state index in [9.17, 15) is 13.2 Å². The molecule has 0 bridgehead atoms. The summed E-state index contributed by atoms with van der Waals surface area (Å²) in [6.45, 7) is 1.96. The van der Waals surface area contributed by atoms with E-state index in [0.29, 0.717) is 0 Å². The van der Waals surface area contributed by atoms with Crippen molar-refractivity contribution >= 4 is 15.9 Å². The van der Waals surface area contributed by atoms with Gasteiger partial charge in [-0.2, -0.15) is 13.2 Å². The molecule has 2 nitrogen and oxygen atoms in total. The van der Waals surface area contributed by atoms with Gasteiger partial charge in [0.05, 0.1) is 23.8 Å². The van der Waals surface area contributed by atoms with Crippen LogP contribution in [0, 0.1) is 0 Å². The summed E-state index contributed by atoms with van der Waals surface area (Å²) in [5.41, 5.74) is -0.774. The molecule has 16 heavy (non-hydrogen) atoms. The largest absolute Gasteiger partial charge is 0.492 e. The summed E-state index contributed by atoms with van der Waals surface area (Å²) in [7, 11) is 1.37. The summed E-state index contributed by atoms with van der Waals surface area (Å²) < 4.78 is 47.8. The van der Waals surface area contributed by atoms with Crippen molar-refractivity contribution in [1.82, 2.24) is 0 Å². The number of hydrogen-bond acceptors (Lipinski definition) is 2. The van der Waals surface area contributed by atoms with Crippen LogP contribution in [0.3, 0.4) is 0 Å². The quantitative estimate of drug-likeness (QED) is 0.843. The molecule has 0 heterocycles. The molecular weight excluding hydrogens is 289 g/mol. The maximum Gasteiger partial charge on any atom is 0.416 e. The van der Waals surface area contributed by atoms with Crippen LogP contribution in [0.5, 0.6) is 11.5 Å². The summed E-state index contributed by atoms with van der Waals surface area (Å²) in [4.78, 5) is 0. The van der Waals surface area contributed by atoms with Crippen LogP contribution in [0.25, 0.3) is 0 Å². The number of alkyl halides is 3. The van der Waals surface area contributed by atoms with Gasteiger partial charge >= 0.3 is 6.18 Å². The van der Waals surface area contributed by atoms with Crippen molar-refractivity contribution < 1.29 is 22.6 Å². The molecule has 0 aliphatic carbocycles. The van der Waals surface area contributed by atoms with Crippen LogP contribution in [-0.2, 0) is 6.18 Å². The fourth-order valence-corrected chi connectivity index (χ4v) is 1.80. The molecule has 0 spiro atoms. The average Bonchev–Trinajstić information content (AvgIpc) is 2.16. The standard InChI is InChI=1S/C10H10BrF3O2/c1-3-16-8-5-6(10(12,13)14)4-7(11)9(8)15-2/h4-5H,3H2,1-2H3. The fourth-order valence-electron chi connectivity index (χ4n) is 1.19. The van der Waals surface area contributed by atoms with Crippen LogP contribution in [0.15, 0.2) is 16.6 Å². The van der Waals surface area contributed by atoms with Gasteiger partial charge in [0.25, 0.3) is 0 Å². The normalized spacial score (nSPS) is 11.4. The number of rotatable bonds is 3. The van der Waals surface area contributed by atoms with Crippen LogP contribution in [0.1, 0.15) is 12.5 Å². The molecule has 0 aliphatic rings. The molecule has 6 heteroatoms. The molecule has 0 N–H and O–H groups in total. The first-order valence-electron chi connectivity index (χ1n) is 4.47. The zero-order valence-corrected chi connectivity index (χ0v) is 10.3. The third kappa shape index (κ3) is 2.81. The van der Waals surface area contributed by atoms with Gasteiger partial charge in [0.2, 0.25) is 0 Å². The summed E-state index contributed by atoms with van der Waals surface area (Å²) in [5.74, 6) is 0.335. The van der Waals surface area contributed by atoms with E-state index in [2.05, 4.69) is 15.9 Å². The Labute approximate surface area is 99.5 Å². The lowest BCUT2D eigenvalue weighted by Gasteiger charge is -2.14. The van der Waals surface area contributed by atoms with E-state index < -0.39 is 11.7 Å². The Bertz CT molecular complexity index is 377. The lowest BCUT2D eigenvalue weighted by atomic mass is 10.2. The van der Waals surface area contributed by atoms with Crippen molar-refractivity contribution in [2.75, 3.05) is 13.7 Å². The Balaban J connectivity index is 3.28. The van der Waals surface area contributed by atoms with Gasteiger partial charge in [0.1, 0.15) is 0 Å². The van der Waals surface area contributed by atoms with Gasteiger partial charge in [-0.25, -0.2) is 0 Å². The molecule has 0 radical (unpaired) electrons. The van der Waals surface area contributed by atoms with Gasteiger partial charge < -0.3 is 9.47 Å². The van der Waals surface area contributed by atoms with E-state index in [1.54, 1.807) is 6.92 Å². The highest BCUT2D eigenvalue weighted by Crippen LogP contribution is 2.41. The Morgan fingerprint density at radius 1 is 1.31 bits per heavy atom. The van der Waals surface area contributed by atoms with Gasteiger partial charge in [-0.3, -0.25) is 0 Å². The lowest BCUT2D eigenvalue weighted by Crippen LogP contribution is -2.06. The SMILES string of the molecule is CCOc1cc(C(F)(F)F)cc(Br)c1OC. The minimum absolute atomic E-state index is 0.0756. The molecule has 1 aromatic rings. The number of ether oxygens (including phenoxy) is 2. The van der Waals surface area contributed by atoms with Crippen LogP contribution in [-0.4, -0.2) is 13.7 Å². The summed E-state index contributed by atoms with van der Waals surface area (Å²) >= 11 is 3.02. The molecule has 1 rings (SSSR count). The zero-order chi connectivity index (χ0) is 12.3. The molecule has 90 valence electrons. The Kier molecular flexibility index (Phi) is 4.07. The van der Waals surface area contributed by atoms with Crippen molar-refractivity contribution in [3.05, 3.63) is 22.2 Å². The van der Waals surface area contributed by atoms with Crippen LogP contribution in [0.4, 0.5) is 13.2 Å². The summed E-state index contributed by atoms with van der Waals surface area (Å²) in [6.07, 6.45) is -4.40. The first-order valence-corrected chi connectivity index (χ1v) is 5.27. The van der Waals surface area contributed by atoms with Gasteiger partial charge in [-0.1, -0.05) is 0 Å². The molecular formula is C10H10BrF3O2. The number of methoxy groups -OCH3 is 1. The third-order valence-electron chi connectivity index (χ3n) is 1.84. The Morgan fingerprint density at radius 2 is 1.94 bits per heavy atom. The highest BCUT2D eigenvalue weighted by atomic mass is 79.9. The maximum absolute atomic E-state index is 12.5. The fraction of sp³-hybridized carbons (Fsp3) is 0.400. The molecule has 0 aliphatic heterocycles. The predicted octanol–water partition coefficient (Wildman–Crippen LogP) is 3.88. The monoisotopic (exact) mass is 298 g/mol. The topological polar surface area (TPSA) is 18.5 Å². The summed E-state index contributed by atoms with van der Waals surface area (Å²) in [5, 5.41) is 0. The van der Waals surface area contributed by atoms with Gasteiger partial charge in [-0.05, 0) is 35.0 Å². The lowest BCUT2D eigenvalue weighted by molar-refractivity contribution is -0.137. The average molecular weight is 299 g/mol. The Hall–Kier alpha value is -0.910. The predicted molar refractivity (Wildman–Crippen MR) is 56.9 cm³/mol. The third-order valence-corrected chi connectivity index (χ3v) is 2.43. The molecule has 0 unspecified atom stereocenters. The second-order valence-corrected chi connectivity index (χ2v) is 3.77. The second-order valence-electron chi connectivity index (χ2n) is 2.92. The first kappa shape index (κ1) is 13.2. The first-order chi connectivity index (χ1) is 7.40. The molecule has 0 amide bonds. The van der Waals surface area contributed by atoms with Crippen LogP contribution >= 0.6 is 15.9 Å². The van der Waals surface area contributed by atoms with Crippen molar-refractivity contribution in [3.63, 3.8) is 0 Å². The van der Waals surface area contributed by atoms with Crippen LogP contribution in [0.2, 0.25) is 0 Å². The maximum atomic E-state index is 12.5. The minimum atomic E-state index is -4.40. The van der Waals surface area contributed by atoms with Gasteiger partial charge in [0.15, 0.2) is 11.5 Å². The van der Waals surface area contributed by atoms with Gasteiger partial charge in [0, 0.05) is 0 Å².